The Labute approximate surface area is 130 Å². The zero-order valence-corrected chi connectivity index (χ0v) is 14.5. The van der Waals surface area contributed by atoms with Crippen LogP contribution in [0.1, 0.15) is 45.2 Å². The number of rotatable bonds is 9. The molecule has 0 heterocycles. The molecule has 0 unspecified atom stereocenters. The van der Waals surface area contributed by atoms with Crippen LogP contribution in [0.25, 0.3) is 0 Å². The molecule has 0 aliphatic heterocycles. The molecule has 1 aromatic carbocycles. The van der Waals surface area contributed by atoms with E-state index in [0.717, 1.165) is 25.3 Å². The monoisotopic (exact) mass is 293 g/mol. The fraction of sp³-hybridized carbons (Fsp3) is 0.667. The fourth-order valence-electron chi connectivity index (χ4n) is 1.99. The number of hydrogen-bond donors (Lipinski definition) is 1. The maximum Gasteiger partial charge on any atom is 0.123 e. The first kappa shape index (κ1) is 18.0. The Hall–Kier alpha value is -1.06. The van der Waals surface area contributed by atoms with Gasteiger partial charge in [0.15, 0.2) is 0 Å². The molecule has 0 atom stereocenters. The number of nitrogens with one attached hydrogen (secondary N) is 1. The topological polar surface area (TPSA) is 30.5 Å². The fourth-order valence-corrected chi connectivity index (χ4v) is 1.99. The third kappa shape index (κ3) is 6.96. The van der Waals surface area contributed by atoms with E-state index in [2.05, 4.69) is 58.1 Å². The molecule has 0 fully saturated rings. The van der Waals surface area contributed by atoms with Crippen LogP contribution in [-0.2, 0) is 11.3 Å². The van der Waals surface area contributed by atoms with Gasteiger partial charge < -0.3 is 14.8 Å². The lowest BCUT2D eigenvalue weighted by Gasteiger charge is -2.23. The molecule has 21 heavy (non-hydrogen) atoms. The summed E-state index contributed by atoms with van der Waals surface area (Å²) in [4.78, 5) is 0. The summed E-state index contributed by atoms with van der Waals surface area (Å²) in [7, 11) is 1.74. The average Bonchev–Trinajstić information content (AvgIpc) is 2.40. The molecular weight excluding hydrogens is 262 g/mol. The molecule has 120 valence electrons. The summed E-state index contributed by atoms with van der Waals surface area (Å²) in [5.74, 6) is 1.63. The van der Waals surface area contributed by atoms with E-state index in [1.807, 2.05) is 0 Å². The molecule has 0 aliphatic carbocycles. The number of hydrogen-bond acceptors (Lipinski definition) is 3. The van der Waals surface area contributed by atoms with Crippen LogP contribution in [-0.4, -0.2) is 25.9 Å². The van der Waals surface area contributed by atoms with Crippen molar-refractivity contribution in [2.45, 2.75) is 53.2 Å². The van der Waals surface area contributed by atoms with Crippen molar-refractivity contribution >= 4 is 0 Å². The predicted molar refractivity (Wildman–Crippen MR) is 88.9 cm³/mol. The number of ether oxygens (including phenoxy) is 2. The third-order valence-electron chi connectivity index (χ3n) is 3.60. The summed E-state index contributed by atoms with van der Waals surface area (Å²) in [5, 5.41) is 3.48. The molecule has 0 spiro atoms. The molecule has 0 aromatic heterocycles. The van der Waals surface area contributed by atoms with E-state index in [0.29, 0.717) is 12.5 Å². The molecule has 3 heteroatoms. The van der Waals surface area contributed by atoms with E-state index >= 15 is 0 Å². The van der Waals surface area contributed by atoms with Crippen molar-refractivity contribution in [3.05, 3.63) is 29.3 Å². The van der Waals surface area contributed by atoms with E-state index < -0.39 is 0 Å². The Bertz CT molecular complexity index is 427. The van der Waals surface area contributed by atoms with Crippen molar-refractivity contribution in [3.63, 3.8) is 0 Å². The Balaban J connectivity index is 2.60. The molecule has 0 bridgehead atoms. The summed E-state index contributed by atoms with van der Waals surface area (Å²) >= 11 is 0. The molecule has 0 saturated carbocycles. The van der Waals surface area contributed by atoms with Gasteiger partial charge in [-0.15, -0.1) is 0 Å². The smallest absolute Gasteiger partial charge is 0.123 e. The van der Waals surface area contributed by atoms with E-state index in [-0.39, 0.29) is 5.60 Å². The van der Waals surface area contributed by atoms with Crippen molar-refractivity contribution in [1.82, 2.24) is 5.32 Å². The average molecular weight is 293 g/mol. The Morgan fingerprint density at radius 3 is 2.57 bits per heavy atom. The lowest BCUT2D eigenvalue weighted by atomic mass is 10.1. The van der Waals surface area contributed by atoms with Crippen molar-refractivity contribution < 1.29 is 9.47 Å². The summed E-state index contributed by atoms with van der Waals surface area (Å²) in [6.07, 6.45) is 0.871. The molecule has 3 nitrogen and oxygen atoms in total. The van der Waals surface area contributed by atoms with Crippen LogP contribution >= 0.6 is 0 Å². The van der Waals surface area contributed by atoms with Gasteiger partial charge in [0.05, 0.1) is 12.2 Å². The van der Waals surface area contributed by atoms with Gasteiger partial charge >= 0.3 is 0 Å². The lowest BCUT2D eigenvalue weighted by molar-refractivity contribution is 0.00537. The summed E-state index contributed by atoms with van der Waals surface area (Å²) in [5.41, 5.74) is 2.35. The minimum Gasteiger partial charge on any atom is -0.493 e. The van der Waals surface area contributed by atoms with Crippen molar-refractivity contribution in [1.29, 1.82) is 0 Å². The first-order valence-electron chi connectivity index (χ1n) is 7.82. The highest BCUT2D eigenvalue weighted by molar-refractivity contribution is 5.36. The Morgan fingerprint density at radius 1 is 1.24 bits per heavy atom. The van der Waals surface area contributed by atoms with Crippen molar-refractivity contribution in [3.8, 4) is 5.75 Å². The first-order chi connectivity index (χ1) is 9.84. The normalized spacial score (nSPS) is 12.0. The molecule has 0 saturated heterocycles. The number of aryl methyl sites for hydroxylation is 1. The standard InChI is InChI=1S/C18H31NO2/c1-14(2)12-19-13-16-11-15(3)7-8-17(16)21-10-9-18(4,5)20-6/h7-8,11,14,19H,9-10,12-13H2,1-6H3. The Morgan fingerprint density at radius 2 is 1.95 bits per heavy atom. The highest BCUT2D eigenvalue weighted by Gasteiger charge is 2.16. The van der Waals surface area contributed by atoms with Crippen LogP contribution in [0.15, 0.2) is 18.2 Å². The maximum absolute atomic E-state index is 5.97. The molecule has 1 aromatic rings. The summed E-state index contributed by atoms with van der Waals surface area (Å²) in [6.45, 7) is 13.2. The minimum atomic E-state index is -0.138. The summed E-state index contributed by atoms with van der Waals surface area (Å²) in [6, 6.07) is 6.37. The van der Waals surface area contributed by atoms with Crippen LogP contribution in [0.4, 0.5) is 0 Å². The molecule has 0 radical (unpaired) electrons. The molecule has 1 rings (SSSR count). The van der Waals surface area contributed by atoms with Crippen LogP contribution in [0, 0.1) is 12.8 Å². The van der Waals surface area contributed by atoms with Crippen molar-refractivity contribution in [2.24, 2.45) is 5.92 Å². The Kier molecular flexibility index (Phi) is 7.20. The van der Waals surface area contributed by atoms with Crippen molar-refractivity contribution in [2.75, 3.05) is 20.3 Å². The second-order valence-corrected chi connectivity index (χ2v) is 6.70. The van der Waals surface area contributed by atoms with Crippen LogP contribution in [0.3, 0.4) is 0 Å². The van der Waals surface area contributed by atoms with E-state index in [4.69, 9.17) is 9.47 Å². The largest absolute Gasteiger partial charge is 0.493 e. The van der Waals surface area contributed by atoms with Gasteiger partial charge in [-0.05, 0) is 39.3 Å². The summed E-state index contributed by atoms with van der Waals surface area (Å²) < 4.78 is 11.4. The van der Waals surface area contributed by atoms with E-state index in [1.54, 1.807) is 7.11 Å². The van der Waals surface area contributed by atoms with Gasteiger partial charge in [-0.2, -0.15) is 0 Å². The second kappa shape index (κ2) is 8.40. The zero-order chi connectivity index (χ0) is 15.9. The van der Waals surface area contributed by atoms with Gasteiger partial charge in [0.25, 0.3) is 0 Å². The highest BCUT2D eigenvalue weighted by Crippen LogP contribution is 2.21. The van der Waals surface area contributed by atoms with E-state index in [9.17, 15) is 0 Å². The van der Waals surface area contributed by atoms with E-state index in [1.165, 1.54) is 11.1 Å². The van der Waals surface area contributed by atoms with Crippen LogP contribution in [0.2, 0.25) is 0 Å². The molecular formula is C18H31NO2. The zero-order valence-electron chi connectivity index (χ0n) is 14.5. The SMILES string of the molecule is COC(C)(C)CCOc1ccc(C)cc1CNCC(C)C. The quantitative estimate of drug-likeness (QED) is 0.748. The van der Waals surface area contributed by atoms with Gasteiger partial charge in [-0.1, -0.05) is 31.5 Å². The third-order valence-corrected chi connectivity index (χ3v) is 3.60. The van der Waals surface area contributed by atoms with Gasteiger partial charge in [0.1, 0.15) is 5.75 Å². The number of benzene rings is 1. The molecule has 0 amide bonds. The minimum absolute atomic E-state index is 0.138. The maximum atomic E-state index is 5.97. The number of methoxy groups -OCH3 is 1. The van der Waals surface area contributed by atoms with Crippen LogP contribution in [0.5, 0.6) is 5.75 Å². The second-order valence-electron chi connectivity index (χ2n) is 6.70. The molecule has 0 aliphatic rings. The van der Waals surface area contributed by atoms with Gasteiger partial charge in [0.2, 0.25) is 0 Å². The van der Waals surface area contributed by atoms with Gasteiger partial charge in [-0.3, -0.25) is 0 Å². The first-order valence-corrected chi connectivity index (χ1v) is 7.82. The van der Waals surface area contributed by atoms with Gasteiger partial charge in [-0.25, -0.2) is 0 Å². The molecule has 1 N–H and O–H groups in total. The van der Waals surface area contributed by atoms with Gasteiger partial charge in [0, 0.05) is 25.6 Å². The predicted octanol–water partition coefficient (Wildman–Crippen LogP) is 3.93. The highest BCUT2D eigenvalue weighted by atomic mass is 16.5. The lowest BCUT2D eigenvalue weighted by Crippen LogP contribution is -2.25. The van der Waals surface area contributed by atoms with Crippen LogP contribution < -0.4 is 10.1 Å².